The number of carbonyl (C=O) groups is 1. The zero-order valence-corrected chi connectivity index (χ0v) is 16.6. The number of aliphatic imine (C=N–C) groups is 1. The van der Waals surface area contributed by atoms with Crippen LogP contribution < -0.4 is 4.74 Å². The molecule has 0 aliphatic carbocycles. The highest BCUT2D eigenvalue weighted by molar-refractivity contribution is 6.13. The van der Waals surface area contributed by atoms with Gasteiger partial charge in [0.2, 0.25) is 0 Å². The lowest BCUT2D eigenvalue weighted by Gasteiger charge is -2.26. The predicted molar refractivity (Wildman–Crippen MR) is 110 cm³/mol. The van der Waals surface area contributed by atoms with Crippen LogP contribution in [0.4, 0.5) is 0 Å². The minimum Gasteiger partial charge on any atom is -0.497 e. The molecule has 0 aromatic heterocycles. The van der Waals surface area contributed by atoms with Crippen LogP contribution in [0.3, 0.4) is 0 Å². The van der Waals surface area contributed by atoms with Crippen molar-refractivity contribution < 1.29 is 9.53 Å². The van der Waals surface area contributed by atoms with Gasteiger partial charge in [0.15, 0.2) is 5.84 Å². The summed E-state index contributed by atoms with van der Waals surface area (Å²) in [7, 11) is 1.63. The van der Waals surface area contributed by atoms with E-state index in [9.17, 15) is 4.79 Å². The van der Waals surface area contributed by atoms with Crippen molar-refractivity contribution in [1.82, 2.24) is 4.90 Å². The number of amides is 1. The number of benzene rings is 2. The first-order valence-electron chi connectivity index (χ1n) is 9.05. The average molecular weight is 362 g/mol. The molecule has 0 saturated carbocycles. The van der Waals surface area contributed by atoms with Gasteiger partial charge in [0, 0.05) is 23.2 Å². The highest BCUT2D eigenvalue weighted by atomic mass is 16.5. The van der Waals surface area contributed by atoms with Crippen LogP contribution in [0.5, 0.6) is 5.75 Å². The van der Waals surface area contributed by atoms with Crippen LogP contribution in [0.15, 0.2) is 59.6 Å². The molecule has 2 rings (SSSR count). The van der Waals surface area contributed by atoms with Gasteiger partial charge in [0.1, 0.15) is 5.75 Å². The highest BCUT2D eigenvalue weighted by Crippen LogP contribution is 2.12. The number of carbonyl (C=O) groups excluding carboxylic acids is 1. The lowest BCUT2D eigenvalue weighted by atomic mass is 10.1. The summed E-state index contributed by atoms with van der Waals surface area (Å²) < 4.78 is 5.17. The van der Waals surface area contributed by atoms with Gasteiger partial charge in [-0.2, -0.15) is 0 Å². The van der Waals surface area contributed by atoms with Crippen LogP contribution >= 0.6 is 0 Å². The Hall–Kier alpha value is -3.06. The van der Waals surface area contributed by atoms with E-state index in [0.717, 1.165) is 11.3 Å². The number of ether oxygens (including phenoxy) is 1. The van der Waals surface area contributed by atoms with E-state index in [4.69, 9.17) is 4.74 Å². The number of rotatable bonds is 4. The summed E-state index contributed by atoms with van der Waals surface area (Å²) in [4.78, 5) is 19.3. The molecule has 27 heavy (non-hydrogen) atoms. The van der Waals surface area contributed by atoms with Crippen LogP contribution in [0, 0.1) is 11.8 Å². The van der Waals surface area contributed by atoms with Crippen molar-refractivity contribution in [3.63, 3.8) is 0 Å². The van der Waals surface area contributed by atoms with Crippen LogP contribution in [-0.4, -0.2) is 35.8 Å². The number of hydrogen-bond donors (Lipinski definition) is 0. The smallest absolute Gasteiger partial charge is 0.260 e. The van der Waals surface area contributed by atoms with E-state index in [1.54, 1.807) is 12.0 Å². The fourth-order valence-electron chi connectivity index (χ4n) is 2.50. The molecule has 0 saturated heterocycles. The largest absolute Gasteiger partial charge is 0.497 e. The van der Waals surface area contributed by atoms with Crippen molar-refractivity contribution in [2.24, 2.45) is 4.99 Å². The Bertz CT molecular complexity index is 841. The van der Waals surface area contributed by atoms with Crippen molar-refractivity contribution in [2.45, 2.75) is 39.8 Å². The first-order valence-corrected chi connectivity index (χ1v) is 9.05. The summed E-state index contributed by atoms with van der Waals surface area (Å²) in [5.41, 5.74) is 1.46. The van der Waals surface area contributed by atoms with Crippen LogP contribution in [0.1, 0.15) is 43.6 Å². The maximum Gasteiger partial charge on any atom is 0.260 e. The van der Waals surface area contributed by atoms with Crippen LogP contribution in [0.25, 0.3) is 0 Å². The fourth-order valence-corrected chi connectivity index (χ4v) is 2.50. The molecule has 0 unspecified atom stereocenters. The molecule has 0 N–H and O–H groups in total. The molecule has 0 heterocycles. The van der Waals surface area contributed by atoms with Gasteiger partial charge in [-0.05, 0) is 70.0 Å². The van der Waals surface area contributed by atoms with Gasteiger partial charge in [-0.1, -0.05) is 24.1 Å². The Labute approximate surface area is 161 Å². The Balaban J connectivity index is 2.40. The maximum absolute atomic E-state index is 13.1. The number of nitrogens with zero attached hydrogens (tertiary/aromatic N) is 2. The third-order valence-electron chi connectivity index (χ3n) is 3.77. The standard InChI is InChI=1S/C23H26N2O2/c1-17(2)24-22(16-13-19-11-14-21(27-5)15-12-19)25(18(3)4)23(26)20-9-7-6-8-10-20/h6-12,14-15,17-18H,1-5H3. The Morgan fingerprint density at radius 2 is 1.63 bits per heavy atom. The van der Waals surface area contributed by atoms with Gasteiger partial charge in [-0.15, -0.1) is 0 Å². The second-order valence-electron chi connectivity index (χ2n) is 6.66. The zero-order valence-electron chi connectivity index (χ0n) is 16.6. The molecular weight excluding hydrogens is 336 g/mol. The minimum absolute atomic E-state index is 0.0231. The van der Waals surface area contributed by atoms with E-state index in [1.165, 1.54) is 0 Å². The Morgan fingerprint density at radius 3 is 2.15 bits per heavy atom. The lowest BCUT2D eigenvalue weighted by molar-refractivity contribution is 0.0819. The van der Waals surface area contributed by atoms with Crippen LogP contribution in [0.2, 0.25) is 0 Å². The van der Waals surface area contributed by atoms with E-state index in [2.05, 4.69) is 16.8 Å². The zero-order chi connectivity index (χ0) is 19.8. The van der Waals surface area contributed by atoms with E-state index < -0.39 is 0 Å². The van der Waals surface area contributed by atoms with Gasteiger partial charge < -0.3 is 4.74 Å². The first-order chi connectivity index (χ1) is 12.9. The quantitative estimate of drug-likeness (QED) is 0.459. The number of methoxy groups -OCH3 is 1. The molecule has 1 amide bonds. The van der Waals surface area contributed by atoms with E-state index >= 15 is 0 Å². The third-order valence-corrected chi connectivity index (χ3v) is 3.77. The van der Waals surface area contributed by atoms with E-state index in [1.807, 2.05) is 82.3 Å². The second-order valence-corrected chi connectivity index (χ2v) is 6.66. The molecule has 0 atom stereocenters. The van der Waals surface area contributed by atoms with E-state index in [0.29, 0.717) is 11.4 Å². The fraction of sp³-hybridized carbons (Fsp3) is 0.304. The lowest BCUT2D eigenvalue weighted by Crippen LogP contribution is -2.42. The summed E-state index contributed by atoms with van der Waals surface area (Å²) in [6.45, 7) is 7.87. The molecule has 4 nitrogen and oxygen atoms in total. The molecule has 0 radical (unpaired) electrons. The second kappa shape index (κ2) is 9.59. The SMILES string of the molecule is COc1ccc(C#CC(=NC(C)C)N(C(=O)c2ccccc2)C(C)C)cc1. The molecule has 0 aliphatic rings. The Kier molecular flexibility index (Phi) is 7.19. The highest BCUT2D eigenvalue weighted by Gasteiger charge is 2.23. The third kappa shape index (κ3) is 5.72. The topological polar surface area (TPSA) is 41.9 Å². The van der Waals surface area contributed by atoms with Crippen LogP contribution in [-0.2, 0) is 0 Å². The predicted octanol–water partition coefficient (Wildman–Crippen LogP) is 4.40. The summed E-state index contributed by atoms with van der Waals surface area (Å²) in [6, 6.07) is 16.7. The molecule has 0 aliphatic heterocycles. The summed E-state index contributed by atoms with van der Waals surface area (Å²) in [5.74, 6) is 7.37. The number of hydrogen-bond acceptors (Lipinski definition) is 3. The van der Waals surface area contributed by atoms with Crippen molar-refractivity contribution >= 4 is 11.7 Å². The van der Waals surface area contributed by atoms with Gasteiger partial charge in [0.25, 0.3) is 5.91 Å². The van der Waals surface area contributed by atoms with Gasteiger partial charge in [0.05, 0.1) is 7.11 Å². The molecule has 140 valence electrons. The van der Waals surface area contributed by atoms with Crippen molar-refractivity contribution in [3.05, 3.63) is 65.7 Å². The Morgan fingerprint density at radius 1 is 1.00 bits per heavy atom. The molecule has 0 fully saturated rings. The van der Waals surface area contributed by atoms with Gasteiger partial charge in [-0.3, -0.25) is 14.7 Å². The minimum atomic E-state index is -0.103. The first kappa shape index (κ1) is 20.3. The van der Waals surface area contributed by atoms with Gasteiger partial charge in [-0.25, -0.2) is 0 Å². The molecule has 0 spiro atoms. The molecular formula is C23H26N2O2. The summed E-state index contributed by atoms with van der Waals surface area (Å²) in [5, 5.41) is 0. The maximum atomic E-state index is 13.1. The average Bonchev–Trinajstić information content (AvgIpc) is 2.66. The van der Waals surface area contributed by atoms with Gasteiger partial charge >= 0.3 is 0 Å². The molecule has 2 aromatic carbocycles. The van der Waals surface area contributed by atoms with Crippen molar-refractivity contribution in [1.29, 1.82) is 0 Å². The monoisotopic (exact) mass is 362 g/mol. The van der Waals surface area contributed by atoms with E-state index in [-0.39, 0.29) is 18.0 Å². The summed E-state index contributed by atoms with van der Waals surface area (Å²) in [6.07, 6.45) is 0. The van der Waals surface area contributed by atoms with Crippen molar-refractivity contribution in [2.75, 3.05) is 7.11 Å². The molecule has 4 heteroatoms. The van der Waals surface area contributed by atoms with Crippen molar-refractivity contribution in [3.8, 4) is 17.6 Å². The summed E-state index contributed by atoms with van der Waals surface area (Å²) >= 11 is 0. The molecule has 2 aromatic rings. The number of amidine groups is 1. The molecule has 0 bridgehead atoms. The normalized spacial score (nSPS) is 11.1.